The molecule has 0 aliphatic heterocycles. The summed E-state index contributed by atoms with van der Waals surface area (Å²) in [6.07, 6.45) is 6.44. The molecule has 1 atom stereocenters. The van der Waals surface area contributed by atoms with Gasteiger partial charge in [-0.25, -0.2) is 0 Å². The van der Waals surface area contributed by atoms with Crippen LogP contribution < -0.4 is 0 Å². The second-order valence-corrected chi connectivity index (χ2v) is 3.11. The van der Waals surface area contributed by atoms with Gasteiger partial charge in [0.25, 0.3) is 0 Å². The second kappa shape index (κ2) is 76.9. The van der Waals surface area contributed by atoms with E-state index in [2.05, 4.69) is 26.3 Å². The fourth-order valence-electron chi connectivity index (χ4n) is 0. The first-order chi connectivity index (χ1) is 9.84. The molecule has 4 heteroatoms. The molecule has 0 bridgehead atoms. The van der Waals surface area contributed by atoms with E-state index < -0.39 is 6.10 Å². The van der Waals surface area contributed by atoms with E-state index in [0.717, 1.165) is 0 Å². The summed E-state index contributed by atoms with van der Waals surface area (Å²) in [5.41, 5.74) is 0. The Kier molecular flexibility index (Phi) is 135. The average Bonchev–Trinajstić information content (AvgIpc) is 2.42. The summed E-state index contributed by atoms with van der Waals surface area (Å²) < 4.78 is 0. The molecular weight excluding hydrogens is 268 g/mol. The van der Waals surface area contributed by atoms with Crippen molar-refractivity contribution < 1.29 is 20.4 Å². The molecule has 0 saturated heterocycles. The first kappa shape index (κ1) is 36.7. The Morgan fingerprint density at radius 2 is 0.810 bits per heavy atom. The van der Waals surface area contributed by atoms with Crippen LogP contribution in [0.3, 0.4) is 0 Å². The van der Waals surface area contributed by atoms with Gasteiger partial charge in [-0.1, -0.05) is 24.3 Å². The summed E-state index contributed by atoms with van der Waals surface area (Å²) in [6.45, 7) is 22.1. The molecule has 0 aliphatic rings. The van der Waals surface area contributed by atoms with E-state index in [1.165, 1.54) is 6.92 Å². The molecule has 0 fully saturated rings. The Bertz CT molecular complexity index is 129. The van der Waals surface area contributed by atoms with Crippen LogP contribution in [-0.2, 0) is 0 Å². The maximum absolute atomic E-state index is 8.11. The molecule has 1 unspecified atom stereocenters. The van der Waals surface area contributed by atoms with Gasteiger partial charge < -0.3 is 20.4 Å². The maximum Gasteiger partial charge on any atom is 0.0742 e. The highest BCUT2D eigenvalue weighted by molar-refractivity contribution is 4.52. The van der Waals surface area contributed by atoms with Crippen molar-refractivity contribution in [3.63, 3.8) is 0 Å². The molecular formula is C17H38O4. The van der Waals surface area contributed by atoms with Crippen LogP contribution in [0.1, 0.15) is 34.6 Å². The fourth-order valence-corrected chi connectivity index (χ4v) is 0. The van der Waals surface area contributed by atoms with Crippen molar-refractivity contribution in [2.45, 2.75) is 40.7 Å². The van der Waals surface area contributed by atoms with Crippen LogP contribution in [0.4, 0.5) is 0 Å². The summed E-state index contributed by atoms with van der Waals surface area (Å²) in [5.74, 6) is 0. The lowest BCUT2D eigenvalue weighted by Gasteiger charge is -1.90. The van der Waals surface area contributed by atoms with Gasteiger partial charge in [-0.3, -0.25) is 0 Å². The largest absolute Gasteiger partial charge is 0.394 e. The van der Waals surface area contributed by atoms with Crippen LogP contribution in [0.15, 0.2) is 50.6 Å². The summed E-state index contributed by atoms with van der Waals surface area (Å²) in [7, 11) is 0. The quantitative estimate of drug-likeness (QED) is 0.591. The molecule has 0 rings (SSSR count). The van der Waals surface area contributed by atoms with Crippen molar-refractivity contribution in [1.82, 2.24) is 0 Å². The van der Waals surface area contributed by atoms with Crippen molar-refractivity contribution in [3.8, 4) is 0 Å². The molecule has 0 radical (unpaired) electrons. The number of aliphatic hydroxyl groups is 4. The molecule has 0 aliphatic carbocycles. The number of aliphatic hydroxyl groups excluding tert-OH is 4. The third kappa shape index (κ3) is 1640. The third-order valence-electron chi connectivity index (χ3n) is 0.364. The lowest BCUT2D eigenvalue weighted by Crippen LogP contribution is -2.03. The predicted octanol–water partition coefficient (Wildman–Crippen LogP) is 3.10. The molecule has 4 N–H and O–H groups in total. The van der Waals surface area contributed by atoms with Gasteiger partial charge in [-0.15, -0.1) is 26.3 Å². The first-order valence-corrected chi connectivity index (χ1v) is 6.63. The average molecular weight is 306 g/mol. The highest BCUT2D eigenvalue weighted by Gasteiger charge is 1.83. The Morgan fingerprint density at radius 3 is 0.810 bits per heavy atom. The van der Waals surface area contributed by atoms with E-state index in [4.69, 9.17) is 20.4 Å². The van der Waals surface area contributed by atoms with E-state index in [-0.39, 0.29) is 19.8 Å². The smallest absolute Gasteiger partial charge is 0.0742 e. The number of rotatable bonds is 2. The van der Waals surface area contributed by atoms with E-state index >= 15 is 0 Å². The van der Waals surface area contributed by atoms with Gasteiger partial charge in [-0.2, -0.15) is 0 Å². The molecule has 0 aromatic rings. The normalized spacial score (nSPS) is 7.48. The topological polar surface area (TPSA) is 80.9 Å². The molecule has 130 valence electrons. The summed E-state index contributed by atoms with van der Waals surface area (Å²) in [6, 6.07) is 0. The SMILES string of the molecule is C=CC.C=CC.C=CC.C=CC.CC(O)CO.OCCO. The highest BCUT2D eigenvalue weighted by Crippen LogP contribution is 1.68. The Hall–Kier alpha value is -1.20. The number of allylic oxidation sites excluding steroid dienone is 4. The summed E-state index contributed by atoms with van der Waals surface area (Å²) in [4.78, 5) is 0. The van der Waals surface area contributed by atoms with Gasteiger partial charge in [0.15, 0.2) is 0 Å². The van der Waals surface area contributed by atoms with Crippen LogP contribution in [0.2, 0.25) is 0 Å². The van der Waals surface area contributed by atoms with Crippen LogP contribution in [0, 0.1) is 0 Å². The second-order valence-electron chi connectivity index (χ2n) is 3.11. The lowest BCUT2D eigenvalue weighted by atomic mass is 10.5. The van der Waals surface area contributed by atoms with Crippen molar-refractivity contribution in [2.75, 3.05) is 19.8 Å². The summed E-state index contributed by atoms with van der Waals surface area (Å²) in [5, 5.41) is 31.3. The van der Waals surface area contributed by atoms with Crippen LogP contribution in [0.5, 0.6) is 0 Å². The van der Waals surface area contributed by atoms with Gasteiger partial charge >= 0.3 is 0 Å². The monoisotopic (exact) mass is 306 g/mol. The molecule has 21 heavy (non-hydrogen) atoms. The minimum absolute atomic E-state index is 0.125. The van der Waals surface area contributed by atoms with Gasteiger partial charge in [0.1, 0.15) is 0 Å². The van der Waals surface area contributed by atoms with Crippen molar-refractivity contribution in [1.29, 1.82) is 0 Å². The lowest BCUT2D eigenvalue weighted by molar-refractivity contribution is 0.110. The molecule has 0 aromatic heterocycles. The zero-order valence-corrected chi connectivity index (χ0v) is 14.6. The first-order valence-electron chi connectivity index (χ1n) is 6.63. The minimum Gasteiger partial charge on any atom is -0.394 e. The standard InChI is InChI=1S/C3H8O2.4C3H6.C2H6O2/c1-3(5)2-4;4*1-3-2;3-1-2-4/h3-5H,2H2,1H3;4*3H,1H2,2H3;3-4H,1-2H2. The molecule has 0 amide bonds. The number of hydrogen-bond donors (Lipinski definition) is 4. The molecule has 0 spiro atoms. The fraction of sp³-hybridized carbons (Fsp3) is 0.529. The molecule has 0 heterocycles. The summed E-state index contributed by atoms with van der Waals surface area (Å²) >= 11 is 0. The zero-order chi connectivity index (χ0) is 18.5. The van der Waals surface area contributed by atoms with Crippen LogP contribution in [-0.4, -0.2) is 46.4 Å². The van der Waals surface area contributed by atoms with Crippen molar-refractivity contribution in [3.05, 3.63) is 50.6 Å². The highest BCUT2D eigenvalue weighted by atomic mass is 16.3. The van der Waals surface area contributed by atoms with Gasteiger partial charge in [0, 0.05) is 0 Å². The molecule has 0 aromatic carbocycles. The van der Waals surface area contributed by atoms with Gasteiger partial charge in [0.05, 0.1) is 25.9 Å². The van der Waals surface area contributed by atoms with E-state index in [0.29, 0.717) is 0 Å². The van der Waals surface area contributed by atoms with E-state index in [1.807, 2.05) is 27.7 Å². The minimum atomic E-state index is -0.560. The number of hydrogen-bond acceptors (Lipinski definition) is 4. The van der Waals surface area contributed by atoms with Gasteiger partial charge in [0.2, 0.25) is 0 Å². The van der Waals surface area contributed by atoms with E-state index in [9.17, 15) is 0 Å². The van der Waals surface area contributed by atoms with Crippen molar-refractivity contribution in [2.24, 2.45) is 0 Å². The Morgan fingerprint density at radius 1 is 0.714 bits per heavy atom. The zero-order valence-electron chi connectivity index (χ0n) is 14.6. The Labute approximate surface area is 132 Å². The molecule has 0 saturated carbocycles. The molecule has 4 nitrogen and oxygen atoms in total. The third-order valence-corrected chi connectivity index (χ3v) is 0.364. The van der Waals surface area contributed by atoms with Gasteiger partial charge in [-0.05, 0) is 34.6 Å². The van der Waals surface area contributed by atoms with Crippen molar-refractivity contribution >= 4 is 0 Å². The Balaban J connectivity index is -0.0000000327. The predicted molar refractivity (Wildman–Crippen MR) is 96.4 cm³/mol. The maximum atomic E-state index is 8.11. The van der Waals surface area contributed by atoms with Crippen LogP contribution in [0.25, 0.3) is 0 Å². The van der Waals surface area contributed by atoms with E-state index in [1.54, 1.807) is 24.3 Å². The van der Waals surface area contributed by atoms with Crippen LogP contribution >= 0.6 is 0 Å².